The van der Waals surface area contributed by atoms with Crippen molar-refractivity contribution in [2.24, 2.45) is 0 Å². The topological polar surface area (TPSA) is 21.3 Å². The standard InChI is InChI=1S/C17H21NOS/c1-18-17(13-7-5-8-14(10-13)19-2)16-11-12-6-3-4-9-15(12)20-16/h5,7-8,10-11,17-18H,3-4,6,9H2,1-2H3. The largest absolute Gasteiger partial charge is 0.497 e. The SMILES string of the molecule is CNC(c1cccc(OC)c1)c1cc2c(s1)CCCC2. The number of hydrogen-bond donors (Lipinski definition) is 1. The van der Waals surface area contributed by atoms with E-state index in [-0.39, 0.29) is 6.04 Å². The third kappa shape index (κ3) is 2.60. The van der Waals surface area contributed by atoms with Crippen molar-refractivity contribution in [2.75, 3.05) is 14.2 Å². The first kappa shape index (κ1) is 13.7. The van der Waals surface area contributed by atoms with E-state index in [1.807, 2.05) is 24.5 Å². The van der Waals surface area contributed by atoms with Gasteiger partial charge < -0.3 is 10.1 Å². The number of fused-ring (bicyclic) bond motifs is 1. The van der Waals surface area contributed by atoms with Gasteiger partial charge >= 0.3 is 0 Å². The summed E-state index contributed by atoms with van der Waals surface area (Å²) in [7, 11) is 3.75. The summed E-state index contributed by atoms with van der Waals surface area (Å²) in [6, 6.07) is 11.0. The lowest BCUT2D eigenvalue weighted by atomic mass is 9.98. The Labute approximate surface area is 124 Å². The molecule has 1 heterocycles. The summed E-state index contributed by atoms with van der Waals surface area (Å²) < 4.78 is 5.34. The molecule has 0 spiro atoms. The number of methoxy groups -OCH3 is 1. The molecule has 20 heavy (non-hydrogen) atoms. The van der Waals surface area contributed by atoms with Crippen LogP contribution in [0.5, 0.6) is 5.75 Å². The molecule has 2 aromatic rings. The summed E-state index contributed by atoms with van der Waals surface area (Å²) in [6.07, 6.45) is 5.19. The summed E-state index contributed by atoms with van der Waals surface area (Å²) in [6.45, 7) is 0. The highest BCUT2D eigenvalue weighted by molar-refractivity contribution is 7.12. The summed E-state index contributed by atoms with van der Waals surface area (Å²) in [5.41, 5.74) is 2.84. The zero-order valence-electron chi connectivity index (χ0n) is 12.1. The molecule has 1 aromatic carbocycles. The number of nitrogens with one attached hydrogen (secondary N) is 1. The fraction of sp³-hybridized carbons (Fsp3) is 0.412. The smallest absolute Gasteiger partial charge is 0.119 e. The Morgan fingerprint density at radius 3 is 2.80 bits per heavy atom. The van der Waals surface area contributed by atoms with Gasteiger partial charge in [0.05, 0.1) is 13.2 Å². The highest BCUT2D eigenvalue weighted by atomic mass is 32.1. The van der Waals surface area contributed by atoms with Gasteiger partial charge in [0.2, 0.25) is 0 Å². The minimum Gasteiger partial charge on any atom is -0.497 e. The summed E-state index contributed by atoms with van der Waals surface area (Å²) in [5, 5.41) is 3.45. The molecule has 0 aliphatic heterocycles. The number of benzene rings is 1. The second-order valence-electron chi connectivity index (χ2n) is 5.30. The lowest BCUT2D eigenvalue weighted by Gasteiger charge is -2.15. The van der Waals surface area contributed by atoms with Crippen molar-refractivity contribution in [3.63, 3.8) is 0 Å². The molecule has 0 amide bonds. The minimum atomic E-state index is 0.265. The van der Waals surface area contributed by atoms with E-state index in [4.69, 9.17) is 4.74 Å². The maximum Gasteiger partial charge on any atom is 0.119 e. The predicted octanol–water partition coefficient (Wildman–Crippen LogP) is 3.94. The van der Waals surface area contributed by atoms with Gasteiger partial charge in [-0.15, -0.1) is 11.3 Å². The van der Waals surface area contributed by atoms with Crippen molar-refractivity contribution in [1.82, 2.24) is 5.32 Å². The van der Waals surface area contributed by atoms with E-state index < -0.39 is 0 Å². The van der Waals surface area contributed by atoms with Crippen molar-refractivity contribution in [3.8, 4) is 5.75 Å². The van der Waals surface area contributed by atoms with Gasteiger partial charge in [0, 0.05) is 9.75 Å². The van der Waals surface area contributed by atoms with Crippen LogP contribution in [-0.2, 0) is 12.8 Å². The fourth-order valence-corrected chi connectivity index (χ4v) is 4.35. The Hall–Kier alpha value is -1.32. The van der Waals surface area contributed by atoms with Crippen LogP contribution in [0, 0.1) is 0 Å². The third-order valence-corrected chi connectivity index (χ3v) is 5.32. The molecular formula is C17H21NOS. The first-order chi connectivity index (χ1) is 9.81. The first-order valence-electron chi connectivity index (χ1n) is 7.24. The van der Waals surface area contributed by atoms with Crippen molar-refractivity contribution in [2.45, 2.75) is 31.7 Å². The average Bonchev–Trinajstić information content (AvgIpc) is 2.91. The average molecular weight is 287 g/mol. The second kappa shape index (κ2) is 5.98. The molecule has 0 saturated carbocycles. The van der Waals surface area contributed by atoms with E-state index in [0.717, 1.165) is 5.75 Å². The van der Waals surface area contributed by atoms with Crippen molar-refractivity contribution in [3.05, 3.63) is 51.2 Å². The number of ether oxygens (including phenoxy) is 1. The molecule has 1 unspecified atom stereocenters. The maximum absolute atomic E-state index is 5.34. The molecule has 0 saturated heterocycles. The Kier molecular flexibility index (Phi) is 4.08. The first-order valence-corrected chi connectivity index (χ1v) is 8.06. The Balaban J connectivity index is 1.94. The molecule has 1 N–H and O–H groups in total. The van der Waals surface area contributed by atoms with Gasteiger partial charge in [0.1, 0.15) is 5.75 Å². The molecule has 0 fully saturated rings. The van der Waals surface area contributed by atoms with E-state index in [9.17, 15) is 0 Å². The molecule has 1 atom stereocenters. The third-order valence-electron chi connectivity index (χ3n) is 4.02. The van der Waals surface area contributed by atoms with Gasteiger partial charge in [0.25, 0.3) is 0 Å². The van der Waals surface area contributed by atoms with Crippen LogP contribution in [0.1, 0.15) is 39.8 Å². The lowest BCUT2D eigenvalue weighted by Crippen LogP contribution is -2.16. The molecule has 2 nitrogen and oxygen atoms in total. The van der Waals surface area contributed by atoms with Crippen LogP contribution in [0.4, 0.5) is 0 Å². The molecule has 1 aromatic heterocycles. The van der Waals surface area contributed by atoms with Gasteiger partial charge in [-0.3, -0.25) is 0 Å². The highest BCUT2D eigenvalue weighted by Crippen LogP contribution is 2.35. The Morgan fingerprint density at radius 1 is 1.20 bits per heavy atom. The molecular weight excluding hydrogens is 266 g/mol. The van der Waals surface area contributed by atoms with Crippen molar-refractivity contribution >= 4 is 11.3 Å². The minimum absolute atomic E-state index is 0.265. The van der Waals surface area contributed by atoms with E-state index in [2.05, 4.69) is 29.6 Å². The van der Waals surface area contributed by atoms with Gasteiger partial charge in [-0.25, -0.2) is 0 Å². The van der Waals surface area contributed by atoms with Crippen LogP contribution in [0.2, 0.25) is 0 Å². The number of rotatable bonds is 4. The Morgan fingerprint density at radius 2 is 2.05 bits per heavy atom. The van der Waals surface area contributed by atoms with Crippen LogP contribution in [0.15, 0.2) is 30.3 Å². The zero-order valence-corrected chi connectivity index (χ0v) is 12.9. The second-order valence-corrected chi connectivity index (χ2v) is 6.47. The van der Waals surface area contributed by atoms with Crippen LogP contribution in [0.3, 0.4) is 0 Å². The van der Waals surface area contributed by atoms with Crippen LogP contribution in [-0.4, -0.2) is 14.2 Å². The summed E-state index contributed by atoms with van der Waals surface area (Å²) in [4.78, 5) is 3.02. The normalized spacial score (nSPS) is 15.7. The fourth-order valence-electron chi connectivity index (χ4n) is 2.95. The molecule has 3 heteroatoms. The number of hydrogen-bond acceptors (Lipinski definition) is 3. The molecule has 106 valence electrons. The number of aryl methyl sites for hydroxylation is 2. The number of thiophene rings is 1. The van der Waals surface area contributed by atoms with Crippen molar-refractivity contribution < 1.29 is 4.74 Å². The molecule has 0 bridgehead atoms. The van der Waals surface area contributed by atoms with Gasteiger partial charge in [-0.1, -0.05) is 12.1 Å². The van der Waals surface area contributed by atoms with Gasteiger partial charge in [-0.05, 0) is 62.1 Å². The van der Waals surface area contributed by atoms with Crippen LogP contribution >= 0.6 is 11.3 Å². The van der Waals surface area contributed by atoms with E-state index in [1.165, 1.54) is 36.1 Å². The molecule has 3 rings (SSSR count). The summed E-state index contributed by atoms with van der Waals surface area (Å²) >= 11 is 1.97. The maximum atomic E-state index is 5.34. The summed E-state index contributed by atoms with van der Waals surface area (Å²) in [5.74, 6) is 0.920. The highest BCUT2D eigenvalue weighted by Gasteiger charge is 2.19. The van der Waals surface area contributed by atoms with E-state index in [0.29, 0.717) is 0 Å². The van der Waals surface area contributed by atoms with E-state index >= 15 is 0 Å². The molecule has 0 radical (unpaired) electrons. The van der Waals surface area contributed by atoms with Gasteiger partial charge in [0.15, 0.2) is 0 Å². The van der Waals surface area contributed by atoms with Gasteiger partial charge in [-0.2, -0.15) is 0 Å². The monoisotopic (exact) mass is 287 g/mol. The predicted molar refractivity (Wildman–Crippen MR) is 84.9 cm³/mol. The Bertz CT molecular complexity index is 567. The van der Waals surface area contributed by atoms with Crippen LogP contribution < -0.4 is 10.1 Å². The zero-order chi connectivity index (χ0) is 13.9. The molecule has 1 aliphatic rings. The quantitative estimate of drug-likeness (QED) is 0.919. The molecule has 1 aliphatic carbocycles. The van der Waals surface area contributed by atoms with E-state index in [1.54, 1.807) is 17.6 Å². The van der Waals surface area contributed by atoms with Crippen molar-refractivity contribution in [1.29, 1.82) is 0 Å². The lowest BCUT2D eigenvalue weighted by molar-refractivity contribution is 0.414. The van der Waals surface area contributed by atoms with Crippen LogP contribution in [0.25, 0.3) is 0 Å².